The minimum atomic E-state index is 0.00618. The van der Waals surface area contributed by atoms with Crippen molar-refractivity contribution < 1.29 is 4.42 Å². The molecule has 0 amide bonds. The van der Waals surface area contributed by atoms with Gasteiger partial charge < -0.3 is 14.0 Å². The summed E-state index contributed by atoms with van der Waals surface area (Å²) in [6, 6.07) is 18.9. The number of para-hydroxylation sites is 1. The molecule has 0 bridgehead atoms. The highest BCUT2D eigenvalue weighted by Crippen LogP contribution is 2.41. The Morgan fingerprint density at radius 2 is 1.80 bits per heavy atom. The van der Waals surface area contributed by atoms with Gasteiger partial charge in [-0.05, 0) is 65.3 Å². The lowest BCUT2D eigenvalue weighted by Gasteiger charge is -2.08. The van der Waals surface area contributed by atoms with Crippen LogP contribution in [0.15, 0.2) is 70.1 Å². The second kappa shape index (κ2) is 6.39. The average Bonchev–Trinajstić information content (AvgIpc) is 3.59. The Kier molecular flexibility index (Phi) is 3.47. The van der Waals surface area contributed by atoms with E-state index in [1.165, 1.54) is 16.5 Å². The molecular formula is C30H21N3O2. The van der Waals surface area contributed by atoms with Gasteiger partial charge in [0.2, 0.25) is 0 Å². The summed E-state index contributed by atoms with van der Waals surface area (Å²) in [6.45, 7) is 4.89. The first-order chi connectivity index (χ1) is 17.1. The highest BCUT2D eigenvalue weighted by Gasteiger charge is 2.23. The number of rotatable bonds is 1. The van der Waals surface area contributed by atoms with Gasteiger partial charge in [0.25, 0.3) is 5.56 Å². The number of hydrogen-bond acceptors (Lipinski definition) is 3. The maximum Gasteiger partial charge on any atom is 0.262 e. The second-order valence-corrected chi connectivity index (χ2v) is 9.71. The molecule has 5 nitrogen and oxygen atoms in total. The molecule has 8 rings (SSSR count). The number of nitrogens with one attached hydrogen (secondary N) is 1. The number of aromatic amines is 1. The molecule has 0 radical (unpaired) electrons. The average molecular weight is 456 g/mol. The summed E-state index contributed by atoms with van der Waals surface area (Å²) in [5.41, 5.74) is 7.80. The van der Waals surface area contributed by atoms with Crippen LogP contribution in [0.25, 0.3) is 65.8 Å². The van der Waals surface area contributed by atoms with Gasteiger partial charge in [-0.1, -0.05) is 42.5 Å². The van der Waals surface area contributed by atoms with Gasteiger partial charge >= 0.3 is 0 Å². The van der Waals surface area contributed by atoms with Crippen LogP contribution in [0.2, 0.25) is 0 Å². The fourth-order valence-corrected chi connectivity index (χ4v) is 6.11. The van der Waals surface area contributed by atoms with Crippen LogP contribution in [0, 0.1) is 13.8 Å². The topological polar surface area (TPSA) is 63.8 Å². The molecule has 5 heteroatoms. The van der Waals surface area contributed by atoms with Crippen LogP contribution >= 0.6 is 0 Å². The molecule has 4 heterocycles. The first kappa shape index (κ1) is 19.0. The van der Waals surface area contributed by atoms with Crippen LogP contribution in [0.5, 0.6) is 0 Å². The molecule has 0 unspecified atom stereocenters. The molecule has 0 fully saturated rings. The van der Waals surface area contributed by atoms with Crippen LogP contribution in [-0.4, -0.2) is 14.5 Å². The Morgan fingerprint density at radius 3 is 2.71 bits per heavy atom. The van der Waals surface area contributed by atoms with Crippen LogP contribution in [0.3, 0.4) is 0 Å². The largest absolute Gasteiger partial charge is 0.463 e. The molecule has 0 aliphatic carbocycles. The zero-order valence-corrected chi connectivity index (χ0v) is 19.4. The van der Waals surface area contributed by atoms with Gasteiger partial charge in [0.05, 0.1) is 28.4 Å². The number of hydrogen-bond donors (Lipinski definition) is 1. The predicted octanol–water partition coefficient (Wildman–Crippen LogP) is 6.77. The maximum atomic E-state index is 13.6. The molecule has 0 saturated heterocycles. The number of imidazole rings is 1. The van der Waals surface area contributed by atoms with E-state index in [-0.39, 0.29) is 5.56 Å². The summed E-state index contributed by atoms with van der Waals surface area (Å²) >= 11 is 0. The van der Waals surface area contributed by atoms with Crippen LogP contribution in [0.4, 0.5) is 0 Å². The standard InChI is InChI=1S/C30H21N3O2/c1-15-5-3-8-20-19(15)9-10-21-24(20)26-25(23-16(2)14-35-28(21)23)31-29(32-26)22-13-18-7-4-6-17-11-12-33(27(17)18)30(22)34/h3-10,13-14H,11-12H2,1-2H3,(H,31,32). The molecule has 1 N–H and O–H groups in total. The molecule has 7 aromatic rings. The monoisotopic (exact) mass is 455 g/mol. The second-order valence-electron chi connectivity index (χ2n) is 9.71. The Morgan fingerprint density at radius 1 is 0.943 bits per heavy atom. The molecule has 0 atom stereocenters. The van der Waals surface area contributed by atoms with E-state index in [1.54, 1.807) is 6.26 Å². The van der Waals surface area contributed by atoms with Crippen molar-refractivity contribution in [1.82, 2.24) is 14.5 Å². The maximum absolute atomic E-state index is 13.6. The van der Waals surface area contributed by atoms with E-state index in [4.69, 9.17) is 9.40 Å². The highest BCUT2D eigenvalue weighted by molar-refractivity contribution is 6.29. The van der Waals surface area contributed by atoms with Crippen molar-refractivity contribution in [3.05, 3.63) is 87.9 Å². The van der Waals surface area contributed by atoms with E-state index in [9.17, 15) is 4.79 Å². The fourth-order valence-electron chi connectivity index (χ4n) is 6.11. The number of nitrogens with zero attached hydrogens (tertiary/aromatic N) is 2. The van der Waals surface area contributed by atoms with Crippen LogP contribution < -0.4 is 5.56 Å². The molecule has 4 aromatic carbocycles. The van der Waals surface area contributed by atoms with E-state index in [2.05, 4.69) is 67.4 Å². The summed E-state index contributed by atoms with van der Waals surface area (Å²) in [6.07, 6.45) is 2.69. The number of fused-ring (bicyclic) bond motifs is 8. The number of benzene rings is 4. The minimum absolute atomic E-state index is 0.00618. The summed E-state index contributed by atoms with van der Waals surface area (Å²) in [5.74, 6) is 0.604. The van der Waals surface area contributed by atoms with Crippen molar-refractivity contribution in [2.45, 2.75) is 26.8 Å². The lowest BCUT2D eigenvalue weighted by atomic mass is 9.96. The Bertz CT molecular complexity index is 2110. The predicted molar refractivity (Wildman–Crippen MR) is 141 cm³/mol. The van der Waals surface area contributed by atoms with E-state index in [0.717, 1.165) is 61.0 Å². The first-order valence-corrected chi connectivity index (χ1v) is 12.0. The summed E-state index contributed by atoms with van der Waals surface area (Å²) < 4.78 is 7.98. The van der Waals surface area contributed by atoms with Gasteiger partial charge in [-0.25, -0.2) is 4.98 Å². The third-order valence-corrected chi connectivity index (χ3v) is 7.75. The summed E-state index contributed by atoms with van der Waals surface area (Å²) in [4.78, 5) is 22.3. The summed E-state index contributed by atoms with van der Waals surface area (Å²) in [7, 11) is 0. The van der Waals surface area contributed by atoms with Gasteiger partial charge in [-0.2, -0.15) is 0 Å². The SMILES string of the molecule is Cc1cccc2c1ccc1c3occ(C)c3c3[nH]c(-c4cc5cccc6c5n(c4=O)CC6)nc3c21. The van der Waals surface area contributed by atoms with Gasteiger partial charge in [0.1, 0.15) is 11.4 Å². The Hall–Kier alpha value is -4.38. The van der Waals surface area contributed by atoms with Crippen molar-refractivity contribution >= 4 is 54.5 Å². The van der Waals surface area contributed by atoms with Crippen molar-refractivity contribution in [3.8, 4) is 11.4 Å². The molecule has 35 heavy (non-hydrogen) atoms. The highest BCUT2D eigenvalue weighted by atomic mass is 16.3. The van der Waals surface area contributed by atoms with E-state index in [1.807, 2.05) is 10.6 Å². The number of furan rings is 1. The third-order valence-electron chi connectivity index (χ3n) is 7.75. The number of aromatic nitrogens is 3. The molecule has 168 valence electrons. The van der Waals surface area contributed by atoms with Gasteiger partial charge in [0, 0.05) is 22.7 Å². The van der Waals surface area contributed by atoms with Crippen molar-refractivity contribution in [1.29, 1.82) is 0 Å². The summed E-state index contributed by atoms with van der Waals surface area (Å²) in [5, 5.41) is 6.52. The normalized spacial score (nSPS) is 13.3. The zero-order valence-electron chi connectivity index (χ0n) is 19.4. The lowest BCUT2D eigenvalue weighted by Crippen LogP contribution is -2.20. The Labute approximate surface area is 199 Å². The van der Waals surface area contributed by atoms with Crippen molar-refractivity contribution in [2.75, 3.05) is 0 Å². The van der Waals surface area contributed by atoms with Gasteiger partial charge in [0.15, 0.2) is 0 Å². The number of H-pyrrole nitrogens is 1. The van der Waals surface area contributed by atoms with E-state index < -0.39 is 0 Å². The molecule has 0 saturated carbocycles. The number of pyridine rings is 1. The lowest BCUT2D eigenvalue weighted by molar-refractivity contribution is 0.616. The van der Waals surface area contributed by atoms with Gasteiger partial charge in [-0.15, -0.1) is 0 Å². The smallest absolute Gasteiger partial charge is 0.262 e. The van der Waals surface area contributed by atoms with Crippen molar-refractivity contribution in [2.24, 2.45) is 0 Å². The van der Waals surface area contributed by atoms with Crippen molar-refractivity contribution in [3.63, 3.8) is 0 Å². The van der Waals surface area contributed by atoms with Crippen LogP contribution in [-0.2, 0) is 13.0 Å². The van der Waals surface area contributed by atoms with E-state index in [0.29, 0.717) is 17.9 Å². The Balaban J connectivity index is 1.56. The fraction of sp³-hybridized carbons (Fsp3) is 0.133. The molecular weight excluding hydrogens is 434 g/mol. The quantitative estimate of drug-likeness (QED) is 0.278. The van der Waals surface area contributed by atoms with E-state index >= 15 is 0 Å². The molecule has 1 aliphatic heterocycles. The number of aryl methyl sites for hydroxylation is 4. The van der Waals surface area contributed by atoms with Gasteiger partial charge in [-0.3, -0.25) is 4.79 Å². The molecule has 3 aromatic heterocycles. The van der Waals surface area contributed by atoms with Crippen LogP contribution in [0.1, 0.15) is 16.7 Å². The molecule has 0 spiro atoms. The minimum Gasteiger partial charge on any atom is -0.463 e. The zero-order chi connectivity index (χ0) is 23.4. The third kappa shape index (κ3) is 2.32. The first-order valence-electron chi connectivity index (χ1n) is 12.0. The molecule has 1 aliphatic rings.